The van der Waals surface area contributed by atoms with Crippen LogP contribution in [0.5, 0.6) is 5.75 Å². The lowest BCUT2D eigenvalue weighted by Crippen LogP contribution is -2.49. The van der Waals surface area contributed by atoms with E-state index >= 15 is 0 Å². The Morgan fingerprint density at radius 1 is 1.05 bits per heavy atom. The molecule has 0 N–H and O–H groups in total. The van der Waals surface area contributed by atoms with E-state index in [1.54, 1.807) is 12.0 Å². The van der Waals surface area contributed by atoms with E-state index in [-0.39, 0.29) is 11.9 Å². The van der Waals surface area contributed by atoms with Gasteiger partial charge in [0.25, 0.3) is 5.91 Å². The molecule has 3 heteroatoms. The molecule has 0 aromatic heterocycles. The highest BCUT2D eigenvalue weighted by molar-refractivity contribution is 6.15. The Hall–Kier alpha value is -2.55. The summed E-state index contributed by atoms with van der Waals surface area (Å²) in [6.07, 6.45) is 0. The molecule has 1 fully saturated rings. The second-order valence-electron chi connectivity index (χ2n) is 4.69. The molecule has 2 aromatic carbocycles. The molecule has 1 atom stereocenters. The van der Waals surface area contributed by atoms with E-state index in [1.165, 1.54) is 0 Å². The molecule has 0 unspecified atom stereocenters. The number of anilines is 1. The van der Waals surface area contributed by atoms with Gasteiger partial charge in [0.1, 0.15) is 5.75 Å². The van der Waals surface area contributed by atoms with Gasteiger partial charge in [-0.05, 0) is 17.7 Å². The molecule has 0 saturated carbocycles. The number of benzene rings is 2. The summed E-state index contributed by atoms with van der Waals surface area (Å²) in [5.74, 6) is 0.637. The first kappa shape index (κ1) is 12.5. The molecule has 1 aliphatic heterocycles. The van der Waals surface area contributed by atoms with E-state index in [0.717, 1.165) is 11.3 Å². The molecule has 0 aliphatic carbocycles. The summed E-state index contributed by atoms with van der Waals surface area (Å²) in [4.78, 5) is 13.9. The van der Waals surface area contributed by atoms with Gasteiger partial charge in [0.15, 0.2) is 0 Å². The predicted octanol–water partition coefficient (Wildman–Crippen LogP) is 3.34. The summed E-state index contributed by atoms with van der Waals surface area (Å²) in [5.41, 5.74) is 2.45. The molecule has 0 spiro atoms. The standard InChI is InChI=1S/C17H15NO2/c1-12-16(13-8-4-3-5-9-13)18(17(12)19)14-10-6-7-11-15(14)20-2/h3-11,16H,1H2,2H3/t16-/m0/s1. The van der Waals surface area contributed by atoms with Crippen LogP contribution in [0.25, 0.3) is 0 Å². The number of ether oxygens (including phenoxy) is 1. The summed E-state index contributed by atoms with van der Waals surface area (Å²) < 4.78 is 5.35. The van der Waals surface area contributed by atoms with Crippen molar-refractivity contribution in [3.8, 4) is 5.75 Å². The maximum atomic E-state index is 12.2. The van der Waals surface area contributed by atoms with Crippen molar-refractivity contribution in [3.63, 3.8) is 0 Å². The second-order valence-corrected chi connectivity index (χ2v) is 4.69. The number of para-hydroxylation sites is 2. The van der Waals surface area contributed by atoms with Crippen LogP contribution in [0.1, 0.15) is 11.6 Å². The lowest BCUT2D eigenvalue weighted by atomic mass is 9.88. The Labute approximate surface area is 118 Å². The molecule has 2 aromatic rings. The number of rotatable bonds is 3. The van der Waals surface area contributed by atoms with Crippen molar-refractivity contribution in [2.45, 2.75) is 6.04 Å². The van der Waals surface area contributed by atoms with Gasteiger partial charge in [-0.25, -0.2) is 0 Å². The van der Waals surface area contributed by atoms with Crippen LogP contribution in [0.4, 0.5) is 5.69 Å². The third-order valence-electron chi connectivity index (χ3n) is 3.54. The van der Waals surface area contributed by atoms with Crippen molar-refractivity contribution in [1.29, 1.82) is 0 Å². The quantitative estimate of drug-likeness (QED) is 0.629. The summed E-state index contributed by atoms with van der Waals surface area (Å²) in [7, 11) is 1.61. The fourth-order valence-electron chi connectivity index (χ4n) is 2.54. The zero-order chi connectivity index (χ0) is 14.1. The van der Waals surface area contributed by atoms with E-state index in [9.17, 15) is 4.79 Å². The Kier molecular flexibility index (Phi) is 3.03. The Morgan fingerprint density at radius 2 is 1.70 bits per heavy atom. The van der Waals surface area contributed by atoms with Gasteiger partial charge in [0, 0.05) is 5.57 Å². The molecule has 0 radical (unpaired) electrons. The molecule has 1 heterocycles. The van der Waals surface area contributed by atoms with Crippen molar-refractivity contribution in [1.82, 2.24) is 0 Å². The third kappa shape index (κ3) is 1.79. The minimum absolute atomic E-state index is 0.0525. The number of carbonyl (C=O) groups is 1. The lowest BCUT2D eigenvalue weighted by Gasteiger charge is -2.42. The number of carbonyl (C=O) groups excluding carboxylic acids is 1. The fraction of sp³-hybridized carbons (Fsp3) is 0.118. The first-order valence-corrected chi connectivity index (χ1v) is 6.44. The van der Waals surface area contributed by atoms with E-state index in [2.05, 4.69) is 6.58 Å². The molecule has 3 nitrogen and oxygen atoms in total. The molecular formula is C17H15NO2. The van der Waals surface area contributed by atoms with Gasteiger partial charge in [0.2, 0.25) is 0 Å². The Morgan fingerprint density at radius 3 is 2.40 bits per heavy atom. The molecule has 20 heavy (non-hydrogen) atoms. The molecule has 1 amide bonds. The van der Waals surface area contributed by atoms with Crippen molar-refractivity contribution < 1.29 is 9.53 Å². The van der Waals surface area contributed by atoms with Crippen LogP contribution >= 0.6 is 0 Å². The number of nitrogens with zero attached hydrogens (tertiary/aromatic N) is 1. The minimum atomic E-state index is -0.111. The second kappa shape index (κ2) is 4.85. The van der Waals surface area contributed by atoms with E-state index < -0.39 is 0 Å². The van der Waals surface area contributed by atoms with E-state index in [1.807, 2.05) is 54.6 Å². The summed E-state index contributed by atoms with van der Waals surface area (Å²) >= 11 is 0. The SMILES string of the molecule is C=C1C(=O)N(c2ccccc2OC)[C@@H]1c1ccccc1. The van der Waals surface area contributed by atoms with E-state index in [0.29, 0.717) is 11.3 Å². The molecular weight excluding hydrogens is 250 g/mol. The maximum Gasteiger partial charge on any atom is 0.257 e. The first-order valence-electron chi connectivity index (χ1n) is 6.44. The topological polar surface area (TPSA) is 29.5 Å². The van der Waals surface area contributed by atoms with Gasteiger partial charge in [0.05, 0.1) is 18.8 Å². The molecule has 0 bridgehead atoms. The van der Waals surface area contributed by atoms with Gasteiger partial charge >= 0.3 is 0 Å². The van der Waals surface area contributed by atoms with Gasteiger partial charge in [-0.2, -0.15) is 0 Å². The summed E-state index contributed by atoms with van der Waals surface area (Å²) in [6.45, 7) is 3.90. The zero-order valence-corrected chi connectivity index (χ0v) is 11.2. The lowest BCUT2D eigenvalue weighted by molar-refractivity contribution is -0.119. The average Bonchev–Trinajstić information content (AvgIpc) is 2.52. The van der Waals surface area contributed by atoms with Crippen LogP contribution in [0.3, 0.4) is 0 Å². The Bertz CT molecular complexity index is 664. The van der Waals surface area contributed by atoms with Gasteiger partial charge in [-0.1, -0.05) is 49.0 Å². The number of hydrogen-bond acceptors (Lipinski definition) is 2. The number of methoxy groups -OCH3 is 1. The predicted molar refractivity (Wildman–Crippen MR) is 78.8 cm³/mol. The normalized spacial score (nSPS) is 17.9. The maximum absolute atomic E-state index is 12.2. The van der Waals surface area contributed by atoms with Crippen molar-refractivity contribution >= 4 is 11.6 Å². The van der Waals surface area contributed by atoms with Crippen LogP contribution in [0, 0.1) is 0 Å². The zero-order valence-electron chi connectivity index (χ0n) is 11.2. The smallest absolute Gasteiger partial charge is 0.257 e. The highest BCUT2D eigenvalue weighted by atomic mass is 16.5. The van der Waals surface area contributed by atoms with Crippen molar-refractivity contribution in [2.24, 2.45) is 0 Å². The number of β-lactam (4-membered cyclic amide) rings is 1. The number of hydrogen-bond donors (Lipinski definition) is 0. The van der Waals surface area contributed by atoms with Gasteiger partial charge in [-0.15, -0.1) is 0 Å². The number of amides is 1. The third-order valence-corrected chi connectivity index (χ3v) is 3.54. The van der Waals surface area contributed by atoms with Crippen molar-refractivity contribution in [2.75, 3.05) is 12.0 Å². The van der Waals surface area contributed by atoms with Gasteiger partial charge < -0.3 is 4.74 Å². The molecule has 100 valence electrons. The van der Waals surface area contributed by atoms with Gasteiger partial charge in [-0.3, -0.25) is 9.69 Å². The van der Waals surface area contributed by atoms with Crippen LogP contribution in [0.2, 0.25) is 0 Å². The minimum Gasteiger partial charge on any atom is -0.495 e. The largest absolute Gasteiger partial charge is 0.495 e. The highest BCUT2D eigenvalue weighted by Gasteiger charge is 2.43. The first-order chi connectivity index (χ1) is 9.74. The average molecular weight is 265 g/mol. The van der Waals surface area contributed by atoms with Crippen LogP contribution in [-0.4, -0.2) is 13.0 Å². The van der Waals surface area contributed by atoms with Crippen LogP contribution in [0.15, 0.2) is 66.7 Å². The van der Waals surface area contributed by atoms with E-state index in [4.69, 9.17) is 4.74 Å². The van der Waals surface area contributed by atoms with Crippen LogP contribution < -0.4 is 9.64 Å². The summed E-state index contributed by atoms with van der Waals surface area (Å²) in [6, 6.07) is 17.3. The Balaban J connectivity index is 2.04. The highest BCUT2D eigenvalue weighted by Crippen LogP contribution is 2.45. The summed E-state index contributed by atoms with van der Waals surface area (Å²) in [5, 5.41) is 0. The monoisotopic (exact) mass is 265 g/mol. The molecule has 1 aliphatic rings. The fourth-order valence-corrected chi connectivity index (χ4v) is 2.54. The molecule has 3 rings (SSSR count). The molecule has 1 saturated heterocycles. The van der Waals surface area contributed by atoms with Crippen LogP contribution in [-0.2, 0) is 4.79 Å². The van der Waals surface area contributed by atoms with Crippen molar-refractivity contribution in [3.05, 3.63) is 72.3 Å².